The highest BCUT2D eigenvalue weighted by atomic mass is 16.2. The Bertz CT molecular complexity index is 216. The molecule has 2 saturated heterocycles. The summed E-state index contributed by atoms with van der Waals surface area (Å²) in [6.07, 6.45) is 9.45. The average molecular weight is 224 g/mol. The molecule has 3 nitrogen and oxygen atoms in total. The third kappa shape index (κ3) is 3.48. The van der Waals surface area contributed by atoms with Gasteiger partial charge < -0.3 is 10.2 Å². The molecule has 1 amide bonds. The van der Waals surface area contributed by atoms with E-state index in [1.54, 1.807) is 0 Å². The normalized spacial score (nSPS) is 27.5. The summed E-state index contributed by atoms with van der Waals surface area (Å²) in [6.45, 7) is 3.08. The van der Waals surface area contributed by atoms with Gasteiger partial charge in [-0.2, -0.15) is 0 Å². The molecule has 0 unspecified atom stereocenters. The zero-order chi connectivity index (χ0) is 11.2. The molecule has 1 atom stereocenters. The Hall–Kier alpha value is -0.570. The molecule has 1 N–H and O–H groups in total. The first-order valence-corrected chi connectivity index (χ1v) is 6.87. The van der Waals surface area contributed by atoms with Gasteiger partial charge in [0.15, 0.2) is 0 Å². The van der Waals surface area contributed by atoms with E-state index in [0.717, 1.165) is 26.1 Å². The highest BCUT2D eigenvalue weighted by Crippen LogP contribution is 2.14. The van der Waals surface area contributed by atoms with Gasteiger partial charge in [0.05, 0.1) is 0 Å². The molecule has 3 heteroatoms. The van der Waals surface area contributed by atoms with Crippen molar-refractivity contribution in [2.75, 3.05) is 19.6 Å². The topological polar surface area (TPSA) is 32.3 Å². The van der Waals surface area contributed by atoms with E-state index in [2.05, 4.69) is 10.2 Å². The van der Waals surface area contributed by atoms with Crippen molar-refractivity contribution in [3.05, 3.63) is 0 Å². The van der Waals surface area contributed by atoms with Gasteiger partial charge in [-0.05, 0) is 32.2 Å². The number of hydrogen-bond donors (Lipinski definition) is 1. The maximum Gasteiger partial charge on any atom is 0.224 e. The van der Waals surface area contributed by atoms with Crippen molar-refractivity contribution in [2.24, 2.45) is 0 Å². The van der Waals surface area contributed by atoms with Crippen LogP contribution in [-0.4, -0.2) is 36.5 Å². The lowest BCUT2D eigenvalue weighted by Crippen LogP contribution is -2.40. The lowest BCUT2D eigenvalue weighted by Gasteiger charge is -2.26. The highest BCUT2D eigenvalue weighted by Gasteiger charge is 2.21. The predicted octanol–water partition coefficient (Wildman–Crippen LogP) is 1.92. The van der Waals surface area contributed by atoms with Crippen molar-refractivity contribution in [2.45, 2.75) is 57.4 Å². The number of carbonyl (C=O) groups excluding carboxylic acids is 1. The molecule has 0 spiro atoms. The Labute approximate surface area is 98.6 Å². The lowest BCUT2D eigenvalue weighted by atomic mass is 10.0. The van der Waals surface area contributed by atoms with E-state index >= 15 is 0 Å². The first-order chi connectivity index (χ1) is 7.86. The molecular formula is C13H24N2O. The van der Waals surface area contributed by atoms with Crippen LogP contribution < -0.4 is 5.32 Å². The Balaban J connectivity index is 1.76. The Morgan fingerprint density at radius 2 is 1.81 bits per heavy atom. The fourth-order valence-corrected chi connectivity index (χ4v) is 2.76. The monoisotopic (exact) mass is 224 g/mol. The van der Waals surface area contributed by atoms with Crippen LogP contribution in [0, 0.1) is 0 Å². The second-order valence-corrected chi connectivity index (χ2v) is 5.15. The van der Waals surface area contributed by atoms with Crippen molar-refractivity contribution in [3.8, 4) is 0 Å². The van der Waals surface area contributed by atoms with Gasteiger partial charge in [-0.3, -0.25) is 4.79 Å². The number of hydrogen-bond acceptors (Lipinski definition) is 2. The third-order valence-corrected chi connectivity index (χ3v) is 3.79. The van der Waals surface area contributed by atoms with E-state index in [1.165, 1.54) is 44.9 Å². The second kappa shape index (κ2) is 6.24. The van der Waals surface area contributed by atoms with E-state index in [4.69, 9.17) is 0 Å². The summed E-state index contributed by atoms with van der Waals surface area (Å²) < 4.78 is 0. The smallest absolute Gasteiger partial charge is 0.224 e. The molecular weight excluding hydrogens is 200 g/mol. The van der Waals surface area contributed by atoms with Gasteiger partial charge in [0.2, 0.25) is 5.91 Å². The fourth-order valence-electron chi connectivity index (χ4n) is 2.76. The van der Waals surface area contributed by atoms with Crippen LogP contribution in [0.1, 0.15) is 51.4 Å². The van der Waals surface area contributed by atoms with Gasteiger partial charge in [0.25, 0.3) is 0 Å². The lowest BCUT2D eigenvalue weighted by molar-refractivity contribution is -0.131. The molecule has 0 aliphatic carbocycles. The van der Waals surface area contributed by atoms with Gasteiger partial charge >= 0.3 is 0 Å². The van der Waals surface area contributed by atoms with E-state index in [0.29, 0.717) is 11.9 Å². The van der Waals surface area contributed by atoms with Crippen LogP contribution in [0.4, 0.5) is 0 Å². The minimum Gasteiger partial charge on any atom is -0.343 e. The van der Waals surface area contributed by atoms with Crippen LogP contribution in [-0.2, 0) is 4.79 Å². The summed E-state index contributed by atoms with van der Waals surface area (Å²) in [5.74, 6) is 0.376. The SMILES string of the molecule is O=C(C[C@@H]1CCCCN1)N1CCCCCC1. The molecule has 2 heterocycles. The van der Waals surface area contributed by atoms with Crippen molar-refractivity contribution in [1.82, 2.24) is 10.2 Å². The van der Waals surface area contributed by atoms with Crippen molar-refractivity contribution in [3.63, 3.8) is 0 Å². The summed E-state index contributed by atoms with van der Waals surface area (Å²) >= 11 is 0. The largest absolute Gasteiger partial charge is 0.343 e. The van der Waals surface area contributed by atoms with E-state index in [9.17, 15) is 4.79 Å². The molecule has 2 fully saturated rings. The molecule has 0 bridgehead atoms. The average Bonchev–Trinajstić information content (AvgIpc) is 2.59. The van der Waals surface area contributed by atoms with Gasteiger partial charge in [-0.25, -0.2) is 0 Å². The maximum absolute atomic E-state index is 12.1. The first kappa shape index (κ1) is 11.9. The molecule has 0 aromatic carbocycles. The Kier molecular flexibility index (Phi) is 4.64. The van der Waals surface area contributed by atoms with Crippen LogP contribution in [0.15, 0.2) is 0 Å². The number of piperidine rings is 1. The number of likely N-dealkylation sites (tertiary alicyclic amines) is 1. The van der Waals surface area contributed by atoms with Crippen molar-refractivity contribution >= 4 is 5.91 Å². The predicted molar refractivity (Wildman–Crippen MR) is 65.3 cm³/mol. The molecule has 2 aliphatic heterocycles. The quantitative estimate of drug-likeness (QED) is 0.777. The standard InChI is InChI=1S/C13H24N2O/c16-13(11-12-7-3-4-8-14-12)15-9-5-1-2-6-10-15/h12,14H,1-11H2/t12-/m0/s1. The second-order valence-electron chi connectivity index (χ2n) is 5.15. The molecule has 0 saturated carbocycles. The number of rotatable bonds is 2. The van der Waals surface area contributed by atoms with Crippen LogP contribution in [0.25, 0.3) is 0 Å². The van der Waals surface area contributed by atoms with Crippen LogP contribution in [0.2, 0.25) is 0 Å². The zero-order valence-electron chi connectivity index (χ0n) is 10.2. The van der Waals surface area contributed by atoms with Gasteiger partial charge in [0, 0.05) is 25.6 Å². The summed E-state index contributed by atoms with van der Waals surface area (Å²) in [7, 11) is 0. The molecule has 92 valence electrons. The zero-order valence-corrected chi connectivity index (χ0v) is 10.2. The molecule has 16 heavy (non-hydrogen) atoms. The fraction of sp³-hybridized carbons (Fsp3) is 0.923. The Morgan fingerprint density at radius 1 is 1.06 bits per heavy atom. The summed E-state index contributed by atoms with van der Waals surface area (Å²) in [4.78, 5) is 14.2. The molecule has 0 aromatic heterocycles. The molecule has 2 rings (SSSR count). The third-order valence-electron chi connectivity index (χ3n) is 3.79. The van der Waals surface area contributed by atoms with Crippen LogP contribution >= 0.6 is 0 Å². The summed E-state index contributed by atoms with van der Waals surface area (Å²) in [5, 5.41) is 3.46. The van der Waals surface area contributed by atoms with Crippen LogP contribution in [0.3, 0.4) is 0 Å². The van der Waals surface area contributed by atoms with Gasteiger partial charge in [-0.15, -0.1) is 0 Å². The minimum atomic E-state index is 0.376. The Morgan fingerprint density at radius 3 is 2.44 bits per heavy atom. The van der Waals surface area contributed by atoms with Crippen LogP contribution in [0.5, 0.6) is 0 Å². The highest BCUT2D eigenvalue weighted by molar-refractivity contribution is 5.76. The van der Waals surface area contributed by atoms with E-state index in [-0.39, 0.29) is 0 Å². The maximum atomic E-state index is 12.1. The number of amides is 1. The number of carbonyl (C=O) groups is 1. The van der Waals surface area contributed by atoms with Crippen molar-refractivity contribution in [1.29, 1.82) is 0 Å². The van der Waals surface area contributed by atoms with Gasteiger partial charge in [-0.1, -0.05) is 19.3 Å². The minimum absolute atomic E-state index is 0.376. The van der Waals surface area contributed by atoms with Crippen molar-refractivity contribution < 1.29 is 4.79 Å². The van der Waals surface area contributed by atoms with E-state index < -0.39 is 0 Å². The number of nitrogens with zero attached hydrogens (tertiary/aromatic N) is 1. The molecule has 2 aliphatic rings. The first-order valence-electron chi connectivity index (χ1n) is 6.87. The molecule has 0 radical (unpaired) electrons. The summed E-state index contributed by atoms with van der Waals surface area (Å²) in [6, 6.07) is 0.449. The van der Waals surface area contributed by atoms with Gasteiger partial charge in [0.1, 0.15) is 0 Å². The van der Waals surface area contributed by atoms with E-state index in [1.807, 2.05) is 0 Å². The molecule has 0 aromatic rings. The summed E-state index contributed by atoms with van der Waals surface area (Å²) in [5.41, 5.74) is 0. The number of nitrogens with one attached hydrogen (secondary N) is 1.